The van der Waals surface area contributed by atoms with Crippen molar-refractivity contribution in [2.75, 3.05) is 35.0 Å². The minimum absolute atomic E-state index is 0.0536. The maximum atomic E-state index is 12.5. The fourth-order valence-electron chi connectivity index (χ4n) is 3.78. The molecule has 9 nitrogen and oxygen atoms in total. The van der Waals surface area contributed by atoms with Gasteiger partial charge in [-0.05, 0) is 6.07 Å². The molecule has 9 heteroatoms. The van der Waals surface area contributed by atoms with Crippen LogP contribution in [0.15, 0.2) is 10.5 Å². The monoisotopic (exact) mass is 367 g/mol. The first-order valence-corrected chi connectivity index (χ1v) is 8.09. The lowest BCUT2D eigenvalue weighted by Gasteiger charge is -2.49. The van der Waals surface area contributed by atoms with E-state index in [0.717, 1.165) is 0 Å². The molecule has 0 bridgehead atoms. The molecule has 1 amide bonds. The van der Waals surface area contributed by atoms with Gasteiger partial charge < -0.3 is 23.4 Å². The second-order valence-corrected chi connectivity index (χ2v) is 6.31. The summed E-state index contributed by atoms with van der Waals surface area (Å²) in [5.74, 6) is -2.28. The topological polar surface area (TPSA) is 105 Å². The molecule has 2 atom stereocenters. The number of rotatable bonds is 3. The van der Waals surface area contributed by atoms with Crippen molar-refractivity contribution < 1.29 is 37.7 Å². The molecule has 0 N–H and O–H groups in total. The van der Waals surface area contributed by atoms with Crippen LogP contribution in [0.3, 0.4) is 0 Å². The number of Topliss-reactive ketones (excluding diaryl/α,β-unsaturated/α-hetero) is 1. The van der Waals surface area contributed by atoms with E-state index in [4.69, 9.17) is 18.6 Å². The molecule has 1 aliphatic heterocycles. The number of carbonyl (C=O) groups is 3. The van der Waals surface area contributed by atoms with Crippen molar-refractivity contribution in [1.82, 2.24) is 4.90 Å². The van der Waals surface area contributed by atoms with Gasteiger partial charge in [-0.15, -0.1) is 0 Å². The van der Waals surface area contributed by atoms with Crippen LogP contribution >= 0.6 is 0 Å². The number of esters is 1. The minimum Gasteiger partial charge on any atom is -0.463 e. The van der Waals surface area contributed by atoms with E-state index in [1.807, 2.05) is 0 Å². The van der Waals surface area contributed by atoms with Gasteiger partial charge in [0.2, 0.25) is 5.76 Å². The lowest BCUT2D eigenvalue weighted by atomic mass is 9.74. The number of hydrogen-bond donors (Lipinski definition) is 0. The highest BCUT2D eigenvalue weighted by Crippen LogP contribution is 2.46. The Labute approximate surface area is 150 Å². The Hall–Kier alpha value is -2.39. The normalized spacial score (nSPS) is 23.8. The van der Waals surface area contributed by atoms with E-state index in [9.17, 15) is 14.4 Å². The number of fused-ring (bicyclic) bond motifs is 3. The standard InChI is InChI=1S/C17H21NO8/c1-22-15(20)13-5-9-10-7-17(24-3,25-4)8-18(16(21)23-2)11(10)6-12(19)14(9)26-13/h5,10-11H,6-8H2,1-4H3/t10-,11+/m1/s1. The summed E-state index contributed by atoms with van der Waals surface area (Å²) >= 11 is 0. The number of methoxy groups -OCH3 is 4. The average molecular weight is 367 g/mol. The van der Waals surface area contributed by atoms with Crippen LogP contribution in [0.25, 0.3) is 0 Å². The van der Waals surface area contributed by atoms with Gasteiger partial charge in [-0.2, -0.15) is 0 Å². The summed E-state index contributed by atoms with van der Waals surface area (Å²) in [6.45, 7) is 0.123. The van der Waals surface area contributed by atoms with Gasteiger partial charge in [-0.25, -0.2) is 9.59 Å². The van der Waals surface area contributed by atoms with Crippen LogP contribution in [0.5, 0.6) is 0 Å². The van der Waals surface area contributed by atoms with Gasteiger partial charge in [0.1, 0.15) is 0 Å². The Kier molecular flexibility index (Phi) is 4.76. The summed E-state index contributed by atoms with van der Waals surface area (Å²) < 4.78 is 26.1. The Morgan fingerprint density at radius 2 is 1.88 bits per heavy atom. The van der Waals surface area contributed by atoms with E-state index >= 15 is 0 Å². The Balaban J connectivity index is 2.08. The summed E-state index contributed by atoms with van der Waals surface area (Å²) in [5.41, 5.74) is 0.540. The third-order valence-electron chi connectivity index (χ3n) is 5.15. The number of nitrogens with zero attached hydrogens (tertiary/aromatic N) is 1. The largest absolute Gasteiger partial charge is 0.463 e. The number of ketones is 1. The number of hydrogen-bond acceptors (Lipinski definition) is 8. The lowest BCUT2D eigenvalue weighted by Crippen LogP contribution is -2.60. The molecule has 142 valence electrons. The average Bonchev–Trinajstić information content (AvgIpc) is 3.13. The van der Waals surface area contributed by atoms with Gasteiger partial charge in [0.05, 0.1) is 20.8 Å². The third kappa shape index (κ3) is 2.77. The van der Waals surface area contributed by atoms with E-state index in [-0.39, 0.29) is 36.2 Å². The molecule has 2 heterocycles. The van der Waals surface area contributed by atoms with Gasteiger partial charge in [0, 0.05) is 44.6 Å². The van der Waals surface area contributed by atoms with Crippen molar-refractivity contribution in [3.63, 3.8) is 0 Å². The molecule has 1 saturated heterocycles. The second-order valence-electron chi connectivity index (χ2n) is 6.31. The summed E-state index contributed by atoms with van der Waals surface area (Å²) in [4.78, 5) is 38.1. The highest BCUT2D eigenvalue weighted by molar-refractivity contribution is 5.99. The van der Waals surface area contributed by atoms with Crippen molar-refractivity contribution >= 4 is 17.8 Å². The van der Waals surface area contributed by atoms with E-state index in [2.05, 4.69) is 4.74 Å². The van der Waals surface area contributed by atoms with Crippen LogP contribution in [0, 0.1) is 0 Å². The number of likely N-dealkylation sites (tertiary alicyclic amines) is 1. The fourth-order valence-corrected chi connectivity index (χ4v) is 3.78. The number of furan rings is 1. The fraction of sp³-hybridized carbons (Fsp3) is 0.588. The molecule has 1 aliphatic carbocycles. The minimum atomic E-state index is -1.06. The molecule has 0 spiro atoms. The highest BCUT2D eigenvalue weighted by atomic mass is 16.7. The zero-order valence-corrected chi connectivity index (χ0v) is 15.1. The molecule has 0 unspecified atom stereocenters. The van der Waals surface area contributed by atoms with Gasteiger partial charge in [0.15, 0.2) is 17.3 Å². The molecular formula is C17H21NO8. The zero-order chi connectivity index (χ0) is 19.1. The molecule has 0 aromatic carbocycles. The van der Waals surface area contributed by atoms with E-state index in [1.165, 1.54) is 39.4 Å². The van der Waals surface area contributed by atoms with E-state index in [0.29, 0.717) is 12.0 Å². The predicted molar refractivity (Wildman–Crippen MR) is 86.0 cm³/mol. The summed E-state index contributed by atoms with van der Waals surface area (Å²) in [5, 5.41) is 0. The number of amides is 1. The molecule has 2 aliphatic rings. The van der Waals surface area contributed by atoms with Crippen molar-refractivity contribution in [2.45, 2.75) is 30.6 Å². The Bertz CT molecular complexity index is 735. The molecule has 26 heavy (non-hydrogen) atoms. The smallest absolute Gasteiger partial charge is 0.409 e. The first-order valence-electron chi connectivity index (χ1n) is 8.09. The van der Waals surface area contributed by atoms with Crippen LogP contribution in [-0.2, 0) is 18.9 Å². The van der Waals surface area contributed by atoms with E-state index < -0.39 is 23.9 Å². The van der Waals surface area contributed by atoms with E-state index in [1.54, 1.807) is 0 Å². The van der Waals surface area contributed by atoms with Crippen molar-refractivity contribution in [2.24, 2.45) is 0 Å². The molecule has 0 saturated carbocycles. The van der Waals surface area contributed by atoms with Crippen LogP contribution in [-0.4, -0.2) is 69.6 Å². The van der Waals surface area contributed by atoms with Crippen LogP contribution in [0.4, 0.5) is 4.79 Å². The van der Waals surface area contributed by atoms with Crippen LogP contribution < -0.4 is 0 Å². The number of ether oxygens (including phenoxy) is 4. The Morgan fingerprint density at radius 1 is 1.19 bits per heavy atom. The molecular weight excluding hydrogens is 346 g/mol. The lowest BCUT2D eigenvalue weighted by molar-refractivity contribution is -0.238. The Morgan fingerprint density at radius 3 is 2.46 bits per heavy atom. The van der Waals surface area contributed by atoms with Gasteiger partial charge in [0.25, 0.3) is 0 Å². The maximum absolute atomic E-state index is 12.5. The summed E-state index contributed by atoms with van der Waals surface area (Å²) in [6, 6.07) is 1.05. The first-order chi connectivity index (χ1) is 12.4. The molecule has 0 radical (unpaired) electrons. The van der Waals surface area contributed by atoms with Crippen LogP contribution in [0.1, 0.15) is 45.4 Å². The zero-order valence-electron chi connectivity index (χ0n) is 15.1. The summed E-state index contributed by atoms with van der Waals surface area (Å²) in [6.07, 6.45) is -0.130. The molecule has 1 fully saturated rings. The van der Waals surface area contributed by atoms with Crippen LogP contribution in [0.2, 0.25) is 0 Å². The van der Waals surface area contributed by atoms with Gasteiger partial charge in [-0.1, -0.05) is 0 Å². The second kappa shape index (κ2) is 6.73. The predicted octanol–water partition coefficient (Wildman–Crippen LogP) is 1.57. The molecule has 3 rings (SSSR count). The SMILES string of the molecule is COC(=O)c1cc2c(o1)C(=O)C[C@H]1[C@@H]2CC(OC)(OC)CN1C(=O)OC. The third-order valence-corrected chi connectivity index (χ3v) is 5.15. The number of piperidine rings is 1. The maximum Gasteiger partial charge on any atom is 0.409 e. The number of carbonyl (C=O) groups excluding carboxylic acids is 3. The van der Waals surface area contributed by atoms with Gasteiger partial charge >= 0.3 is 12.1 Å². The first kappa shape index (κ1) is 18.4. The summed E-state index contributed by atoms with van der Waals surface area (Å²) in [7, 11) is 5.48. The van der Waals surface area contributed by atoms with Gasteiger partial charge in [-0.3, -0.25) is 9.69 Å². The van der Waals surface area contributed by atoms with Crippen molar-refractivity contribution in [1.29, 1.82) is 0 Å². The van der Waals surface area contributed by atoms with Crippen molar-refractivity contribution in [3.8, 4) is 0 Å². The van der Waals surface area contributed by atoms with Crippen molar-refractivity contribution in [3.05, 3.63) is 23.2 Å². The molecule has 1 aromatic rings. The quantitative estimate of drug-likeness (QED) is 0.586. The highest BCUT2D eigenvalue weighted by Gasteiger charge is 2.52. The molecule has 1 aromatic heterocycles.